The SMILES string of the molecule is C=C(C1=NCCCCCC1)[Si](C)(CCC)CCC. The van der Waals surface area contributed by atoms with Crippen molar-refractivity contribution in [3.8, 4) is 0 Å². The molecule has 0 amide bonds. The first-order valence-electron chi connectivity index (χ1n) is 7.87. The van der Waals surface area contributed by atoms with Gasteiger partial charge < -0.3 is 0 Å². The van der Waals surface area contributed by atoms with E-state index in [0.717, 1.165) is 6.54 Å². The highest BCUT2D eigenvalue weighted by molar-refractivity contribution is 6.89. The predicted molar refractivity (Wildman–Crippen MR) is 86.3 cm³/mol. The Kier molecular flexibility index (Phi) is 6.91. The van der Waals surface area contributed by atoms with E-state index in [4.69, 9.17) is 4.99 Å². The van der Waals surface area contributed by atoms with Gasteiger partial charge in [-0.05, 0) is 24.5 Å². The molecule has 1 aliphatic rings. The Labute approximate surface area is 115 Å². The van der Waals surface area contributed by atoms with E-state index in [0.29, 0.717) is 0 Å². The quantitative estimate of drug-likeness (QED) is 0.571. The van der Waals surface area contributed by atoms with Crippen LogP contribution in [0.5, 0.6) is 0 Å². The maximum absolute atomic E-state index is 4.87. The van der Waals surface area contributed by atoms with Crippen molar-refractivity contribution in [2.45, 2.75) is 77.4 Å². The van der Waals surface area contributed by atoms with Gasteiger partial charge in [-0.3, -0.25) is 4.99 Å². The molecule has 0 saturated carbocycles. The van der Waals surface area contributed by atoms with E-state index in [1.165, 1.54) is 67.9 Å². The first kappa shape index (κ1) is 15.7. The molecule has 0 radical (unpaired) electrons. The van der Waals surface area contributed by atoms with Crippen LogP contribution in [0.4, 0.5) is 0 Å². The molecule has 0 N–H and O–H groups in total. The van der Waals surface area contributed by atoms with E-state index >= 15 is 0 Å². The maximum atomic E-state index is 4.87. The molecule has 0 unspecified atom stereocenters. The monoisotopic (exact) mass is 265 g/mol. The van der Waals surface area contributed by atoms with Crippen LogP contribution >= 0.6 is 0 Å². The maximum Gasteiger partial charge on any atom is 0.0852 e. The minimum absolute atomic E-state index is 1.04. The summed E-state index contributed by atoms with van der Waals surface area (Å²) in [5, 5.41) is 1.48. The summed E-state index contributed by atoms with van der Waals surface area (Å²) in [5.41, 5.74) is 1.39. The van der Waals surface area contributed by atoms with Crippen molar-refractivity contribution in [1.82, 2.24) is 0 Å². The summed E-state index contributed by atoms with van der Waals surface area (Å²) in [4.78, 5) is 4.87. The molecule has 1 nitrogen and oxygen atoms in total. The molecule has 0 bridgehead atoms. The number of aliphatic imine (C=N–C) groups is 1. The molecule has 18 heavy (non-hydrogen) atoms. The van der Waals surface area contributed by atoms with Crippen LogP contribution in [-0.4, -0.2) is 20.3 Å². The van der Waals surface area contributed by atoms with Gasteiger partial charge in [0, 0.05) is 12.3 Å². The van der Waals surface area contributed by atoms with Gasteiger partial charge in [0.25, 0.3) is 0 Å². The Morgan fingerprint density at radius 3 is 2.33 bits per heavy atom. The number of allylic oxidation sites excluding steroid dienone is 1. The molecule has 0 saturated heterocycles. The van der Waals surface area contributed by atoms with E-state index < -0.39 is 8.07 Å². The lowest BCUT2D eigenvalue weighted by atomic mass is 10.1. The van der Waals surface area contributed by atoms with Crippen LogP contribution in [0.2, 0.25) is 18.6 Å². The fourth-order valence-corrected chi connectivity index (χ4v) is 7.14. The van der Waals surface area contributed by atoms with Crippen LogP contribution in [0, 0.1) is 0 Å². The second kappa shape index (κ2) is 7.93. The molecule has 0 aromatic carbocycles. The smallest absolute Gasteiger partial charge is 0.0852 e. The molecule has 0 aromatic heterocycles. The highest BCUT2D eigenvalue weighted by Gasteiger charge is 2.31. The molecule has 1 rings (SSSR count). The Morgan fingerprint density at radius 1 is 1.11 bits per heavy atom. The zero-order valence-corrected chi connectivity index (χ0v) is 13.7. The molecule has 0 atom stereocenters. The Morgan fingerprint density at radius 2 is 1.72 bits per heavy atom. The molecular formula is C16H31NSi. The van der Waals surface area contributed by atoms with Crippen LogP contribution in [0.3, 0.4) is 0 Å². The summed E-state index contributed by atoms with van der Waals surface area (Å²) in [7, 11) is -1.30. The van der Waals surface area contributed by atoms with Crippen LogP contribution in [0.15, 0.2) is 16.8 Å². The Balaban J connectivity index is 2.79. The van der Waals surface area contributed by atoms with Gasteiger partial charge in [0.2, 0.25) is 0 Å². The molecule has 2 heteroatoms. The lowest BCUT2D eigenvalue weighted by Crippen LogP contribution is -2.36. The van der Waals surface area contributed by atoms with Crippen molar-refractivity contribution in [2.24, 2.45) is 4.99 Å². The van der Waals surface area contributed by atoms with Crippen molar-refractivity contribution in [3.05, 3.63) is 11.8 Å². The largest absolute Gasteiger partial charge is 0.290 e. The lowest BCUT2D eigenvalue weighted by molar-refractivity contribution is 0.644. The molecule has 0 aromatic rings. The van der Waals surface area contributed by atoms with E-state index in [1.54, 1.807) is 0 Å². The van der Waals surface area contributed by atoms with Gasteiger partial charge in [0.05, 0.1) is 8.07 Å². The summed E-state index contributed by atoms with van der Waals surface area (Å²) in [5.74, 6) is 0. The third-order valence-electron chi connectivity index (χ3n) is 4.30. The van der Waals surface area contributed by atoms with Gasteiger partial charge in [-0.15, -0.1) is 0 Å². The fraction of sp³-hybridized carbons (Fsp3) is 0.812. The lowest BCUT2D eigenvalue weighted by Gasteiger charge is -2.30. The molecular weight excluding hydrogens is 234 g/mol. The third kappa shape index (κ3) is 4.38. The van der Waals surface area contributed by atoms with Crippen LogP contribution in [0.1, 0.15) is 58.8 Å². The van der Waals surface area contributed by atoms with Crippen LogP contribution in [-0.2, 0) is 0 Å². The van der Waals surface area contributed by atoms with Crippen molar-refractivity contribution < 1.29 is 0 Å². The van der Waals surface area contributed by atoms with Crippen LogP contribution < -0.4 is 0 Å². The highest BCUT2D eigenvalue weighted by Crippen LogP contribution is 2.29. The highest BCUT2D eigenvalue weighted by atomic mass is 28.3. The van der Waals surface area contributed by atoms with Crippen LogP contribution in [0.25, 0.3) is 0 Å². The third-order valence-corrected chi connectivity index (χ3v) is 9.26. The van der Waals surface area contributed by atoms with Gasteiger partial charge >= 0.3 is 0 Å². The number of hydrogen-bond donors (Lipinski definition) is 0. The second-order valence-electron chi connectivity index (χ2n) is 6.03. The molecule has 0 spiro atoms. The molecule has 0 fully saturated rings. The molecule has 104 valence electrons. The van der Waals surface area contributed by atoms with Gasteiger partial charge in [0.15, 0.2) is 0 Å². The van der Waals surface area contributed by atoms with Gasteiger partial charge in [0.1, 0.15) is 0 Å². The minimum atomic E-state index is -1.30. The van der Waals surface area contributed by atoms with Crippen molar-refractivity contribution >= 4 is 13.8 Å². The van der Waals surface area contributed by atoms with E-state index in [2.05, 4.69) is 27.0 Å². The minimum Gasteiger partial charge on any atom is -0.290 e. The van der Waals surface area contributed by atoms with E-state index in [-0.39, 0.29) is 0 Å². The van der Waals surface area contributed by atoms with Gasteiger partial charge in [-0.25, -0.2) is 0 Å². The molecule has 1 heterocycles. The van der Waals surface area contributed by atoms with Crippen molar-refractivity contribution in [2.75, 3.05) is 6.54 Å². The average molecular weight is 266 g/mol. The normalized spacial score (nSPS) is 17.8. The summed E-state index contributed by atoms with van der Waals surface area (Å²) in [6.07, 6.45) is 9.13. The number of hydrogen-bond acceptors (Lipinski definition) is 1. The fourth-order valence-electron chi connectivity index (χ4n) is 3.18. The topological polar surface area (TPSA) is 12.4 Å². The average Bonchev–Trinajstić information content (AvgIpc) is 2.28. The summed E-state index contributed by atoms with van der Waals surface area (Å²) in [6.45, 7) is 12.7. The zero-order valence-electron chi connectivity index (χ0n) is 12.7. The standard InChI is InChI=1S/C16H31NSi/c1-5-13-18(4,14-6-2)15(3)16-11-9-7-8-10-12-17-16/h3,5-14H2,1-2,4H3. The Bertz CT molecular complexity index is 287. The first-order chi connectivity index (χ1) is 8.64. The number of rotatable bonds is 6. The second-order valence-corrected chi connectivity index (χ2v) is 10.8. The summed E-state index contributed by atoms with van der Waals surface area (Å²) < 4.78 is 0. The van der Waals surface area contributed by atoms with Gasteiger partial charge in [-0.2, -0.15) is 0 Å². The van der Waals surface area contributed by atoms with Crippen molar-refractivity contribution in [1.29, 1.82) is 0 Å². The zero-order chi connectivity index (χ0) is 13.4. The summed E-state index contributed by atoms with van der Waals surface area (Å²) in [6, 6.07) is 2.78. The Hall–Kier alpha value is -0.373. The molecule has 0 aliphatic carbocycles. The predicted octanol–water partition coefficient (Wildman–Crippen LogP) is 5.39. The first-order valence-corrected chi connectivity index (χ1v) is 10.8. The van der Waals surface area contributed by atoms with E-state index in [9.17, 15) is 0 Å². The number of nitrogens with zero attached hydrogens (tertiary/aromatic N) is 1. The molecule has 1 aliphatic heterocycles. The van der Waals surface area contributed by atoms with Crippen molar-refractivity contribution in [3.63, 3.8) is 0 Å². The summed E-state index contributed by atoms with van der Waals surface area (Å²) >= 11 is 0. The van der Waals surface area contributed by atoms with Gasteiger partial charge in [-0.1, -0.05) is 64.7 Å². The van der Waals surface area contributed by atoms with E-state index in [1.807, 2.05) is 0 Å².